The number of hydrogen-bond acceptors (Lipinski definition) is 7. The van der Waals surface area contributed by atoms with E-state index in [1.807, 2.05) is 71.3 Å². The number of anilines is 3. The number of nitrogens with zero attached hydrogens (tertiary/aromatic N) is 5. The minimum absolute atomic E-state index is 0.104. The standard InChI is InChI=1S/C30H31Cl2N5O3/c1-4-40-26-12-5-22(6-13-26)30-36(29(20(2)38)33-37(30)25-11-14-27(31)28(32)19-25)24-9-7-23(8-10-24)35-17-15-34(16-18-35)21(3)39/h5-14,19,30H,4,15-18H2,1-3H3/t30-/m0/s1. The van der Waals surface area contributed by atoms with E-state index in [1.54, 1.807) is 24.1 Å². The first-order valence-corrected chi connectivity index (χ1v) is 14.0. The molecule has 3 aromatic rings. The molecule has 1 amide bonds. The van der Waals surface area contributed by atoms with Crippen molar-refractivity contribution in [1.29, 1.82) is 0 Å². The average Bonchev–Trinajstić information content (AvgIpc) is 3.36. The third-order valence-corrected chi connectivity index (χ3v) is 7.84. The summed E-state index contributed by atoms with van der Waals surface area (Å²) >= 11 is 12.6. The zero-order valence-corrected chi connectivity index (χ0v) is 24.2. The second-order valence-electron chi connectivity index (χ2n) is 9.68. The van der Waals surface area contributed by atoms with Gasteiger partial charge < -0.3 is 14.5 Å². The molecule has 0 bridgehead atoms. The van der Waals surface area contributed by atoms with Crippen LogP contribution in [0.5, 0.6) is 5.75 Å². The number of halogens is 2. The maximum atomic E-state index is 12.9. The van der Waals surface area contributed by atoms with Crippen molar-refractivity contribution in [1.82, 2.24) is 4.90 Å². The van der Waals surface area contributed by atoms with Gasteiger partial charge in [-0.2, -0.15) is 0 Å². The highest BCUT2D eigenvalue weighted by Gasteiger charge is 2.39. The molecule has 5 rings (SSSR count). The minimum atomic E-state index is -0.461. The van der Waals surface area contributed by atoms with E-state index < -0.39 is 6.17 Å². The van der Waals surface area contributed by atoms with Crippen molar-refractivity contribution in [3.63, 3.8) is 0 Å². The highest BCUT2D eigenvalue weighted by molar-refractivity contribution is 6.44. The number of rotatable bonds is 7. The second kappa shape index (κ2) is 11.8. The van der Waals surface area contributed by atoms with E-state index >= 15 is 0 Å². The van der Waals surface area contributed by atoms with Crippen LogP contribution in [-0.4, -0.2) is 55.2 Å². The number of amides is 1. The number of benzene rings is 3. The van der Waals surface area contributed by atoms with E-state index in [9.17, 15) is 9.59 Å². The Morgan fingerprint density at radius 2 is 1.48 bits per heavy atom. The smallest absolute Gasteiger partial charge is 0.219 e. The van der Waals surface area contributed by atoms with Crippen molar-refractivity contribution < 1.29 is 14.3 Å². The Bertz CT molecular complexity index is 1420. The number of carbonyl (C=O) groups is 2. The fraction of sp³-hybridized carbons (Fsp3) is 0.300. The Labute approximate surface area is 244 Å². The molecule has 2 aliphatic heterocycles. The van der Waals surface area contributed by atoms with Gasteiger partial charge in [-0.05, 0) is 67.1 Å². The van der Waals surface area contributed by atoms with Crippen molar-refractivity contribution >= 4 is 57.8 Å². The molecule has 2 aliphatic rings. The molecule has 10 heteroatoms. The van der Waals surface area contributed by atoms with E-state index in [-0.39, 0.29) is 11.7 Å². The quantitative estimate of drug-likeness (QED) is 0.342. The Morgan fingerprint density at radius 1 is 0.850 bits per heavy atom. The Kier molecular flexibility index (Phi) is 8.19. The van der Waals surface area contributed by atoms with Gasteiger partial charge in [0.15, 0.2) is 17.8 Å². The number of carbonyl (C=O) groups excluding carboxylic acids is 2. The molecule has 3 aromatic carbocycles. The molecule has 1 atom stereocenters. The number of ether oxygens (including phenoxy) is 1. The maximum absolute atomic E-state index is 12.9. The van der Waals surface area contributed by atoms with Crippen LogP contribution in [0.2, 0.25) is 10.0 Å². The van der Waals surface area contributed by atoms with Crippen LogP contribution in [0.15, 0.2) is 71.8 Å². The van der Waals surface area contributed by atoms with E-state index in [2.05, 4.69) is 4.90 Å². The van der Waals surface area contributed by atoms with Gasteiger partial charge in [-0.25, -0.2) is 5.01 Å². The number of hydrogen-bond donors (Lipinski definition) is 0. The molecular formula is C30H31Cl2N5O3. The van der Waals surface area contributed by atoms with E-state index in [0.29, 0.717) is 41.3 Å². The average molecular weight is 581 g/mol. The van der Waals surface area contributed by atoms with Crippen molar-refractivity contribution in [2.75, 3.05) is 47.6 Å². The lowest BCUT2D eigenvalue weighted by Crippen LogP contribution is -2.48. The van der Waals surface area contributed by atoms with E-state index in [0.717, 1.165) is 35.8 Å². The third kappa shape index (κ3) is 5.60. The summed E-state index contributed by atoms with van der Waals surface area (Å²) in [4.78, 5) is 30.7. The highest BCUT2D eigenvalue weighted by atomic mass is 35.5. The second-order valence-corrected chi connectivity index (χ2v) is 10.5. The molecule has 40 heavy (non-hydrogen) atoms. The van der Waals surface area contributed by atoms with Gasteiger partial charge in [0.25, 0.3) is 0 Å². The summed E-state index contributed by atoms with van der Waals surface area (Å²) in [5, 5.41) is 7.42. The van der Waals surface area contributed by atoms with Crippen LogP contribution in [0.25, 0.3) is 0 Å². The summed E-state index contributed by atoms with van der Waals surface area (Å²) in [7, 11) is 0. The van der Waals surface area contributed by atoms with Gasteiger partial charge in [0.1, 0.15) is 5.75 Å². The SMILES string of the molecule is CCOc1ccc([C@@H]2N(c3ccc(Cl)c(Cl)c3)N=C(C(C)=O)N2c2ccc(N3CCN(C(C)=O)CC3)cc2)cc1. The first kappa shape index (κ1) is 27.8. The summed E-state index contributed by atoms with van der Waals surface area (Å²) in [6, 6.07) is 21.2. The van der Waals surface area contributed by atoms with Gasteiger partial charge in [-0.15, -0.1) is 5.10 Å². The van der Waals surface area contributed by atoms with Crippen LogP contribution in [0.3, 0.4) is 0 Å². The first-order chi connectivity index (χ1) is 19.3. The molecule has 1 saturated heterocycles. The molecule has 0 radical (unpaired) electrons. The molecule has 8 nitrogen and oxygen atoms in total. The zero-order chi connectivity index (χ0) is 28.4. The van der Waals surface area contributed by atoms with Crippen LogP contribution in [0, 0.1) is 0 Å². The summed E-state index contributed by atoms with van der Waals surface area (Å²) < 4.78 is 5.66. The Balaban J connectivity index is 1.52. The zero-order valence-electron chi connectivity index (χ0n) is 22.7. The number of Topliss-reactive ketones (excluding diaryl/α,β-unsaturated/α-hetero) is 1. The largest absolute Gasteiger partial charge is 0.494 e. The van der Waals surface area contributed by atoms with E-state index in [4.69, 9.17) is 33.0 Å². The summed E-state index contributed by atoms with van der Waals surface area (Å²) in [5.41, 5.74) is 3.50. The van der Waals surface area contributed by atoms with Gasteiger partial charge in [0, 0.05) is 51.4 Å². The number of ketones is 1. The molecular weight excluding hydrogens is 549 g/mol. The Hall–Kier alpha value is -3.75. The van der Waals surface area contributed by atoms with Crippen molar-refractivity contribution in [2.24, 2.45) is 5.10 Å². The van der Waals surface area contributed by atoms with Crippen LogP contribution >= 0.6 is 23.2 Å². The molecule has 0 N–H and O–H groups in total. The van der Waals surface area contributed by atoms with Crippen molar-refractivity contribution in [3.8, 4) is 5.75 Å². The van der Waals surface area contributed by atoms with E-state index in [1.165, 1.54) is 6.92 Å². The maximum Gasteiger partial charge on any atom is 0.219 e. The van der Waals surface area contributed by atoms with Crippen LogP contribution in [-0.2, 0) is 9.59 Å². The highest BCUT2D eigenvalue weighted by Crippen LogP contribution is 2.41. The van der Waals surface area contributed by atoms with Crippen LogP contribution in [0.1, 0.15) is 32.5 Å². The first-order valence-electron chi connectivity index (χ1n) is 13.2. The van der Waals surface area contributed by atoms with Gasteiger partial charge in [0.05, 0.1) is 22.3 Å². The minimum Gasteiger partial charge on any atom is -0.494 e. The number of hydrazone groups is 1. The lowest BCUT2D eigenvalue weighted by atomic mass is 10.1. The van der Waals surface area contributed by atoms with Crippen LogP contribution < -0.4 is 19.5 Å². The van der Waals surface area contributed by atoms with Gasteiger partial charge >= 0.3 is 0 Å². The molecule has 208 valence electrons. The lowest BCUT2D eigenvalue weighted by molar-refractivity contribution is -0.129. The fourth-order valence-corrected chi connectivity index (χ4v) is 5.35. The number of amidine groups is 1. The monoisotopic (exact) mass is 579 g/mol. The molecule has 1 fully saturated rings. The predicted molar refractivity (Wildman–Crippen MR) is 161 cm³/mol. The van der Waals surface area contributed by atoms with Crippen LogP contribution in [0.4, 0.5) is 17.1 Å². The normalized spacial score (nSPS) is 17.2. The topological polar surface area (TPSA) is 68.7 Å². The Morgan fingerprint density at radius 3 is 2.05 bits per heavy atom. The molecule has 0 unspecified atom stereocenters. The van der Waals surface area contributed by atoms with Crippen molar-refractivity contribution in [2.45, 2.75) is 26.9 Å². The summed E-state index contributed by atoms with van der Waals surface area (Å²) in [6.45, 7) is 8.56. The fourth-order valence-electron chi connectivity index (χ4n) is 5.06. The van der Waals surface area contributed by atoms with Crippen molar-refractivity contribution in [3.05, 3.63) is 82.3 Å². The van der Waals surface area contributed by atoms with Gasteiger partial charge in [-0.3, -0.25) is 14.5 Å². The predicted octanol–water partition coefficient (Wildman–Crippen LogP) is 5.99. The van der Waals surface area contributed by atoms with Gasteiger partial charge in [0.2, 0.25) is 5.91 Å². The van der Waals surface area contributed by atoms with Gasteiger partial charge in [-0.1, -0.05) is 35.3 Å². The molecule has 0 saturated carbocycles. The molecule has 0 aliphatic carbocycles. The summed E-state index contributed by atoms with van der Waals surface area (Å²) in [6.07, 6.45) is -0.461. The molecule has 0 spiro atoms. The lowest BCUT2D eigenvalue weighted by Gasteiger charge is -2.36. The third-order valence-electron chi connectivity index (χ3n) is 7.10. The molecule has 0 aromatic heterocycles. The molecule has 2 heterocycles. The summed E-state index contributed by atoms with van der Waals surface area (Å²) in [5.74, 6) is 1.02. The number of piperazine rings is 1.